The van der Waals surface area contributed by atoms with Crippen LogP contribution in [0.3, 0.4) is 0 Å². The molecule has 4 nitrogen and oxygen atoms in total. The number of benzene rings is 2. The van der Waals surface area contributed by atoms with E-state index < -0.39 is 0 Å². The highest BCUT2D eigenvalue weighted by Gasteiger charge is 2.29. The van der Waals surface area contributed by atoms with Crippen molar-refractivity contribution in [1.82, 2.24) is 4.90 Å². The highest BCUT2D eigenvalue weighted by Crippen LogP contribution is 2.23. The highest BCUT2D eigenvalue weighted by atomic mass is 35.5. The largest absolute Gasteiger partial charge is 0.338 e. The lowest BCUT2D eigenvalue weighted by Gasteiger charge is -2.32. The van der Waals surface area contributed by atoms with Crippen molar-refractivity contribution < 1.29 is 14.0 Å². The quantitative estimate of drug-likeness (QED) is 0.900. The zero-order valence-electron chi connectivity index (χ0n) is 13.5. The van der Waals surface area contributed by atoms with Crippen LogP contribution in [0.4, 0.5) is 10.1 Å². The van der Waals surface area contributed by atoms with Gasteiger partial charge in [-0.2, -0.15) is 0 Å². The SMILES string of the molecule is O=C(Nc1ccc(F)cc1)[C@H]1CCCN(C(=O)c2ccccc2Cl)C1. The van der Waals surface area contributed by atoms with E-state index in [1.54, 1.807) is 29.2 Å². The van der Waals surface area contributed by atoms with E-state index in [0.29, 0.717) is 35.8 Å². The number of halogens is 2. The van der Waals surface area contributed by atoms with Crippen molar-refractivity contribution in [3.63, 3.8) is 0 Å². The van der Waals surface area contributed by atoms with Crippen LogP contribution in [0.5, 0.6) is 0 Å². The molecule has 1 heterocycles. The third-order valence-electron chi connectivity index (χ3n) is 4.30. The molecule has 25 heavy (non-hydrogen) atoms. The first-order valence-corrected chi connectivity index (χ1v) is 8.52. The molecule has 2 aromatic rings. The van der Waals surface area contributed by atoms with Gasteiger partial charge in [-0.05, 0) is 49.2 Å². The summed E-state index contributed by atoms with van der Waals surface area (Å²) in [6.07, 6.45) is 1.46. The van der Waals surface area contributed by atoms with Gasteiger partial charge in [0.1, 0.15) is 5.82 Å². The Hall–Kier alpha value is -2.40. The fraction of sp³-hybridized carbons (Fsp3) is 0.263. The van der Waals surface area contributed by atoms with Gasteiger partial charge in [-0.25, -0.2) is 4.39 Å². The third kappa shape index (κ3) is 4.17. The second-order valence-electron chi connectivity index (χ2n) is 6.07. The van der Waals surface area contributed by atoms with Crippen molar-refractivity contribution in [2.24, 2.45) is 5.92 Å². The molecule has 1 saturated heterocycles. The Morgan fingerprint density at radius 1 is 1.12 bits per heavy atom. The van der Waals surface area contributed by atoms with Gasteiger partial charge in [0.15, 0.2) is 0 Å². The molecule has 0 aliphatic carbocycles. The number of amides is 2. The lowest BCUT2D eigenvalue weighted by Crippen LogP contribution is -2.43. The van der Waals surface area contributed by atoms with Crippen molar-refractivity contribution in [2.75, 3.05) is 18.4 Å². The average molecular weight is 361 g/mol. The van der Waals surface area contributed by atoms with Crippen LogP contribution in [0.2, 0.25) is 5.02 Å². The molecule has 6 heteroatoms. The van der Waals surface area contributed by atoms with Gasteiger partial charge in [0.25, 0.3) is 5.91 Å². The molecule has 1 fully saturated rings. The zero-order valence-corrected chi connectivity index (χ0v) is 14.3. The van der Waals surface area contributed by atoms with E-state index in [1.807, 2.05) is 0 Å². The van der Waals surface area contributed by atoms with Gasteiger partial charge in [0.2, 0.25) is 5.91 Å². The second kappa shape index (κ2) is 7.66. The lowest BCUT2D eigenvalue weighted by molar-refractivity contribution is -0.121. The molecule has 2 amide bonds. The minimum absolute atomic E-state index is 0.162. The van der Waals surface area contributed by atoms with E-state index in [9.17, 15) is 14.0 Å². The number of anilines is 1. The van der Waals surface area contributed by atoms with Crippen LogP contribution in [0.1, 0.15) is 23.2 Å². The summed E-state index contributed by atoms with van der Waals surface area (Å²) in [4.78, 5) is 26.8. The molecule has 1 atom stereocenters. The Bertz CT molecular complexity index is 779. The topological polar surface area (TPSA) is 49.4 Å². The molecular weight excluding hydrogens is 343 g/mol. The van der Waals surface area contributed by atoms with Crippen LogP contribution in [0.25, 0.3) is 0 Å². The van der Waals surface area contributed by atoms with E-state index >= 15 is 0 Å². The summed E-state index contributed by atoms with van der Waals surface area (Å²) in [5, 5.41) is 3.19. The maximum Gasteiger partial charge on any atom is 0.255 e. The summed E-state index contributed by atoms with van der Waals surface area (Å²) in [5.74, 6) is -0.981. The number of nitrogens with one attached hydrogen (secondary N) is 1. The predicted octanol–water partition coefficient (Wildman–Crippen LogP) is 3.97. The predicted molar refractivity (Wildman–Crippen MR) is 95.1 cm³/mol. The van der Waals surface area contributed by atoms with Gasteiger partial charge in [-0.15, -0.1) is 0 Å². The summed E-state index contributed by atoms with van der Waals surface area (Å²) < 4.78 is 12.9. The van der Waals surface area contributed by atoms with Gasteiger partial charge < -0.3 is 10.2 Å². The number of hydrogen-bond donors (Lipinski definition) is 1. The van der Waals surface area contributed by atoms with Crippen molar-refractivity contribution in [2.45, 2.75) is 12.8 Å². The number of piperidine rings is 1. The van der Waals surface area contributed by atoms with E-state index in [1.165, 1.54) is 24.3 Å². The number of rotatable bonds is 3. The van der Waals surface area contributed by atoms with Crippen LogP contribution in [-0.4, -0.2) is 29.8 Å². The Balaban J connectivity index is 1.66. The molecule has 0 radical (unpaired) electrons. The van der Waals surface area contributed by atoms with Gasteiger partial charge in [0, 0.05) is 18.8 Å². The average Bonchev–Trinajstić information content (AvgIpc) is 2.63. The molecule has 1 N–H and O–H groups in total. The molecule has 0 spiro atoms. The fourth-order valence-electron chi connectivity index (χ4n) is 2.96. The normalized spacial score (nSPS) is 17.2. The summed E-state index contributed by atoms with van der Waals surface area (Å²) in [6, 6.07) is 12.5. The summed E-state index contributed by atoms with van der Waals surface area (Å²) in [7, 11) is 0. The molecule has 3 rings (SSSR count). The van der Waals surface area contributed by atoms with Crippen molar-refractivity contribution in [3.8, 4) is 0 Å². The molecule has 0 aromatic heterocycles. The monoisotopic (exact) mass is 360 g/mol. The summed E-state index contributed by atoms with van der Waals surface area (Å²) in [5.41, 5.74) is 0.990. The zero-order chi connectivity index (χ0) is 17.8. The van der Waals surface area contributed by atoms with E-state index in [-0.39, 0.29) is 23.5 Å². The van der Waals surface area contributed by atoms with Crippen molar-refractivity contribution in [3.05, 3.63) is 64.9 Å². The molecule has 130 valence electrons. The minimum Gasteiger partial charge on any atom is -0.338 e. The van der Waals surface area contributed by atoms with Crippen molar-refractivity contribution >= 4 is 29.1 Å². The smallest absolute Gasteiger partial charge is 0.255 e. The summed E-state index contributed by atoms with van der Waals surface area (Å²) in [6.45, 7) is 0.946. The van der Waals surface area contributed by atoms with Gasteiger partial charge in [0.05, 0.1) is 16.5 Å². The van der Waals surface area contributed by atoms with Crippen LogP contribution >= 0.6 is 11.6 Å². The van der Waals surface area contributed by atoms with Crippen LogP contribution in [0, 0.1) is 11.7 Å². The molecule has 1 aliphatic heterocycles. The van der Waals surface area contributed by atoms with E-state index in [0.717, 1.165) is 6.42 Å². The number of hydrogen-bond acceptors (Lipinski definition) is 2. The number of nitrogens with zero attached hydrogens (tertiary/aromatic N) is 1. The third-order valence-corrected chi connectivity index (χ3v) is 4.63. The first-order valence-electron chi connectivity index (χ1n) is 8.15. The van der Waals surface area contributed by atoms with Crippen molar-refractivity contribution in [1.29, 1.82) is 0 Å². The fourth-order valence-corrected chi connectivity index (χ4v) is 3.17. The maximum absolute atomic E-state index is 12.9. The van der Waals surface area contributed by atoms with Crippen LogP contribution in [0.15, 0.2) is 48.5 Å². The minimum atomic E-state index is -0.354. The lowest BCUT2D eigenvalue weighted by atomic mass is 9.96. The first kappa shape index (κ1) is 17.4. The number of likely N-dealkylation sites (tertiary alicyclic amines) is 1. The highest BCUT2D eigenvalue weighted by molar-refractivity contribution is 6.33. The molecule has 0 unspecified atom stereocenters. The first-order chi connectivity index (χ1) is 12.0. The van der Waals surface area contributed by atoms with Crippen LogP contribution < -0.4 is 5.32 Å². The summed E-state index contributed by atoms with van der Waals surface area (Å²) >= 11 is 6.10. The number of carbonyl (C=O) groups excluding carboxylic acids is 2. The maximum atomic E-state index is 12.9. The van der Waals surface area contributed by atoms with Gasteiger partial charge in [-0.1, -0.05) is 23.7 Å². The Morgan fingerprint density at radius 3 is 2.56 bits per heavy atom. The Kier molecular flexibility index (Phi) is 5.34. The van der Waals surface area contributed by atoms with Gasteiger partial charge in [-0.3, -0.25) is 9.59 Å². The Labute approximate surface area is 150 Å². The molecule has 2 aromatic carbocycles. The van der Waals surface area contributed by atoms with E-state index in [2.05, 4.69) is 5.32 Å². The molecular formula is C19H18ClFN2O2. The van der Waals surface area contributed by atoms with E-state index in [4.69, 9.17) is 11.6 Å². The van der Waals surface area contributed by atoms with Gasteiger partial charge >= 0.3 is 0 Å². The Morgan fingerprint density at radius 2 is 1.84 bits per heavy atom. The molecule has 0 saturated carbocycles. The molecule has 0 bridgehead atoms. The standard InChI is InChI=1S/C19H18ClFN2O2/c20-17-6-2-1-5-16(17)19(25)23-11-3-4-13(12-23)18(24)22-15-9-7-14(21)8-10-15/h1-2,5-10,13H,3-4,11-12H2,(H,22,24)/t13-/m0/s1. The van der Waals surface area contributed by atoms with Crippen LogP contribution in [-0.2, 0) is 4.79 Å². The second-order valence-corrected chi connectivity index (χ2v) is 6.47. The number of carbonyl (C=O) groups is 2. The molecule has 1 aliphatic rings.